The van der Waals surface area contributed by atoms with E-state index in [2.05, 4.69) is 10.2 Å². The zero-order valence-corrected chi connectivity index (χ0v) is 8.91. The van der Waals surface area contributed by atoms with Crippen LogP contribution in [0.3, 0.4) is 0 Å². The van der Waals surface area contributed by atoms with Gasteiger partial charge in [0.1, 0.15) is 5.54 Å². The van der Waals surface area contributed by atoms with Gasteiger partial charge in [0.2, 0.25) is 12.3 Å². The van der Waals surface area contributed by atoms with Crippen molar-refractivity contribution in [1.29, 1.82) is 0 Å². The van der Waals surface area contributed by atoms with Gasteiger partial charge < -0.3 is 10.2 Å². The molecule has 80 valence electrons. The van der Waals surface area contributed by atoms with Crippen molar-refractivity contribution in [2.24, 2.45) is 0 Å². The molecular formula is C9H17N3O2. The summed E-state index contributed by atoms with van der Waals surface area (Å²) in [7, 11) is 5.22. The van der Waals surface area contributed by atoms with Crippen LogP contribution in [0.4, 0.5) is 0 Å². The van der Waals surface area contributed by atoms with Crippen molar-refractivity contribution in [3.8, 4) is 0 Å². The van der Waals surface area contributed by atoms with Crippen LogP contribution >= 0.6 is 0 Å². The van der Waals surface area contributed by atoms with Gasteiger partial charge in [0, 0.05) is 20.1 Å². The fraction of sp³-hybridized carbons (Fsp3) is 0.778. The molecule has 1 aliphatic heterocycles. The Balaban J connectivity index is 2.80. The number of hydrogen-bond acceptors (Lipinski definition) is 4. The van der Waals surface area contributed by atoms with Crippen LogP contribution < -0.4 is 5.32 Å². The topological polar surface area (TPSA) is 52.7 Å². The van der Waals surface area contributed by atoms with Crippen LogP contribution in [-0.2, 0) is 9.59 Å². The molecule has 0 saturated carbocycles. The zero-order chi connectivity index (χ0) is 10.8. The minimum atomic E-state index is -0.579. The van der Waals surface area contributed by atoms with Crippen molar-refractivity contribution in [2.45, 2.75) is 12.0 Å². The summed E-state index contributed by atoms with van der Waals surface area (Å²) in [5.41, 5.74) is -0.579. The average Bonchev–Trinajstić information content (AvgIpc) is 2.59. The van der Waals surface area contributed by atoms with Crippen LogP contribution in [0.5, 0.6) is 0 Å². The summed E-state index contributed by atoms with van der Waals surface area (Å²) in [4.78, 5) is 25.6. The Labute approximate surface area is 84.0 Å². The molecule has 1 unspecified atom stereocenters. The van der Waals surface area contributed by atoms with Crippen LogP contribution in [0.25, 0.3) is 0 Å². The van der Waals surface area contributed by atoms with E-state index in [1.165, 1.54) is 7.05 Å². The molecule has 5 nitrogen and oxygen atoms in total. The second kappa shape index (κ2) is 4.06. The van der Waals surface area contributed by atoms with Crippen molar-refractivity contribution in [2.75, 3.05) is 34.2 Å². The lowest BCUT2D eigenvalue weighted by molar-refractivity contribution is -0.141. The van der Waals surface area contributed by atoms with Gasteiger partial charge in [0.05, 0.1) is 0 Å². The largest absolute Gasteiger partial charge is 0.305 e. The zero-order valence-electron chi connectivity index (χ0n) is 8.91. The van der Waals surface area contributed by atoms with Gasteiger partial charge in [-0.2, -0.15) is 0 Å². The molecule has 0 aromatic heterocycles. The maximum atomic E-state index is 11.9. The molecule has 0 radical (unpaired) electrons. The summed E-state index contributed by atoms with van der Waals surface area (Å²) < 4.78 is 0. The van der Waals surface area contributed by atoms with E-state index in [0.29, 0.717) is 13.0 Å². The number of amides is 2. The summed E-state index contributed by atoms with van der Waals surface area (Å²) in [6.07, 6.45) is 1.30. The fourth-order valence-electron chi connectivity index (χ4n) is 1.87. The molecule has 1 atom stereocenters. The highest BCUT2D eigenvalue weighted by Gasteiger charge is 2.43. The first-order valence-electron chi connectivity index (χ1n) is 4.66. The highest BCUT2D eigenvalue weighted by molar-refractivity contribution is 5.93. The van der Waals surface area contributed by atoms with E-state index in [9.17, 15) is 9.59 Å². The SMILES string of the molecule is CNC1(C(=O)N(C)C=O)CCN(C)C1. The first-order valence-corrected chi connectivity index (χ1v) is 4.66. The minimum Gasteiger partial charge on any atom is -0.305 e. The predicted molar refractivity (Wildman–Crippen MR) is 52.7 cm³/mol. The van der Waals surface area contributed by atoms with Crippen molar-refractivity contribution >= 4 is 12.3 Å². The van der Waals surface area contributed by atoms with E-state index in [4.69, 9.17) is 0 Å². The molecule has 1 fully saturated rings. The Morgan fingerprint density at radius 2 is 2.29 bits per heavy atom. The summed E-state index contributed by atoms with van der Waals surface area (Å²) in [5, 5.41) is 3.03. The van der Waals surface area contributed by atoms with E-state index in [1.54, 1.807) is 7.05 Å². The number of nitrogens with zero attached hydrogens (tertiary/aromatic N) is 2. The molecule has 0 aromatic rings. The summed E-state index contributed by atoms with van der Waals surface area (Å²) in [6.45, 7) is 1.53. The van der Waals surface area contributed by atoms with Gasteiger partial charge in [0.15, 0.2) is 0 Å². The highest BCUT2D eigenvalue weighted by Crippen LogP contribution is 2.21. The summed E-state index contributed by atoms with van der Waals surface area (Å²) in [6, 6.07) is 0. The second-order valence-electron chi connectivity index (χ2n) is 3.84. The van der Waals surface area contributed by atoms with Crippen LogP contribution in [-0.4, -0.2) is 61.9 Å². The van der Waals surface area contributed by atoms with Crippen molar-refractivity contribution < 1.29 is 9.59 Å². The number of carbonyl (C=O) groups is 2. The van der Waals surface area contributed by atoms with E-state index in [0.717, 1.165) is 17.9 Å². The molecule has 0 aliphatic carbocycles. The molecule has 5 heteroatoms. The highest BCUT2D eigenvalue weighted by atomic mass is 16.2. The monoisotopic (exact) mass is 199 g/mol. The standard InChI is InChI=1S/C9H17N3O2/c1-10-9(4-5-11(2)6-9)8(14)12(3)7-13/h7,10H,4-6H2,1-3H3. The van der Waals surface area contributed by atoms with Gasteiger partial charge in [-0.3, -0.25) is 14.5 Å². The molecule has 1 rings (SSSR count). The number of nitrogens with one attached hydrogen (secondary N) is 1. The first-order chi connectivity index (χ1) is 6.55. The number of imide groups is 1. The van der Waals surface area contributed by atoms with Gasteiger partial charge in [-0.05, 0) is 20.5 Å². The number of carbonyl (C=O) groups excluding carboxylic acids is 2. The fourth-order valence-corrected chi connectivity index (χ4v) is 1.87. The maximum absolute atomic E-state index is 11.9. The van der Waals surface area contributed by atoms with Crippen molar-refractivity contribution in [1.82, 2.24) is 15.1 Å². The van der Waals surface area contributed by atoms with Crippen LogP contribution in [0.15, 0.2) is 0 Å². The molecule has 2 amide bonds. The smallest absolute Gasteiger partial charge is 0.250 e. The van der Waals surface area contributed by atoms with Crippen LogP contribution in [0.1, 0.15) is 6.42 Å². The molecule has 1 heterocycles. The first kappa shape index (κ1) is 11.1. The summed E-state index contributed by atoms with van der Waals surface area (Å²) in [5.74, 6) is -0.153. The lowest BCUT2D eigenvalue weighted by atomic mass is 9.97. The molecule has 0 aromatic carbocycles. The van der Waals surface area contributed by atoms with Crippen LogP contribution in [0.2, 0.25) is 0 Å². The number of likely N-dealkylation sites (N-methyl/N-ethyl adjacent to an activating group) is 3. The third-order valence-electron chi connectivity index (χ3n) is 2.83. The Bertz CT molecular complexity index is 244. The van der Waals surface area contributed by atoms with Gasteiger partial charge >= 0.3 is 0 Å². The Morgan fingerprint density at radius 1 is 1.64 bits per heavy atom. The van der Waals surface area contributed by atoms with Gasteiger partial charge in [-0.15, -0.1) is 0 Å². The lowest BCUT2D eigenvalue weighted by Crippen LogP contribution is -2.57. The molecule has 0 spiro atoms. The number of hydrogen-bond donors (Lipinski definition) is 1. The lowest BCUT2D eigenvalue weighted by Gasteiger charge is -2.29. The molecule has 1 aliphatic rings. The van der Waals surface area contributed by atoms with Crippen molar-refractivity contribution in [3.05, 3.63) is 0 Å². The maximum Gasteiger partial charge on any atom is 0.250 e. The average molecular weight is 199 g/mol. The molecule has 1 N–H and O–H groups in total. The summed E-state index contributed by atoms with van der Waals surface area (Å²) >= 11 is 0. The molecule has 14 heavy (non-hydrogen) atoms. The van der Waals surface area contributed by atoms with E-state index < -0.39 is 5.54 Å². The van der Waals surface area contributed by atoms with E-state index in [-0.39, 0.29) is 5.91 Å². The predicted octanol–water partition coefficient (Wildman–Crippen LogP) is -1.11. The third-order valence-corrected chi connectivity index (χ3v) is 2.83. The molecular weight excluding hydrogens is 182 g/mol. The van der Waals surface area contributed by atoms with Gasteiger partial charge in [0.25, 0.3) is 0 Å². The quantitative estimate of drug-likeness (QED) is 0.586. The molecule has 0 bridgehead atoms. The second-order valence-corrected chi connectivity index (χ2v) is 3.84. The normalized spacial score (nSPS) is 27.6. The Morgan fingerprint density at radius 3 is 2.64 bits per heavy atom. The number of likely N-dealkylation sites (tertiary alicyclic amines) is 1. The van der Waals surface area contributed by atoms with Crippen LogP contribution in [0, 0.1) is 0 Å². The minimum absolute atomic E-state index is 0.153. The van der Waals surface area contributed by atoms with E-state index in [1.807, 2.05) is 7.05 Å². The van der Waals surface area contributed by atoms with Gasteiger partial charge in [-0.25, -0.2) is 0 Å². The Kier molecular flexibility index (Phi) is 3.23. The van der Waals surface area contributed by atoms with E-state index >= 15 is 0 Å². The number of rotatable bonds is 3. The van der Waals surface area contributed by atoms with Crippen molar-refractivity contribution in [3.63, 3.8) is 0 Å². The Hall–Kier alpha value is -0.940. The molecule has 1 saturated heterocycles. The third kappa shape index (κ3) is 1.78. The van der Waals surface area contributed by atoms with Gasteiger partial charge in [-0.1, -0.05) is 0 Å².